The summed E-state index contributed by atoms with van der Waals surface area (Å²) in [5, 5.41) is 13.2. The number of anilines is 1. The third-order valence-electron chi connectivity index (χ3n) is 4.07. The Kier molecular flexibility index (Phi) is 6.48. The molecule has 12 heteroatoms. The van der Waals surface area contributed by atoms with Gasteiger partial charge in [0.25, 0.3) is 11.6 Å². The van der Waals surface area contributed by atoms with Crippen LogP contribution in [0.5, 0.6) is 0 Å². The Bertz CT molecular complexity index is 1100. The van der Waals surface area contributed by atoms with Gasteiger partial charge >= 0.3 is 5.97 Å². The summed E-state index contributed by atoms with van der Waals surface area (Å²) >= 11 is 3.12. The van der Waals surface area contributed by atoms with Crippen LogP contribution in [0.4, 0.5) is 11.4 Å². The van der Waals surface area contributed by atoms with Gasteiger partial charge in [-0.05, 0) is 59.1 Å². The van der Waals surface area contributed by atoms with Crippen LogP contribution in [0.2, 0.25) is 0 Å². The van der Waals surface area contributed by atoms with Crippen molar-refractivity contribution in [3.05, 3.63) is 62.6 Å². The topological polar surface area (TPSA) is 145 Å². The van der Waals surface area contributed by atoms with Crippen molar-refractivity contribution in [1.82, 2.24) is 4.72 Å². The first-order valence-electron chi connectivity index (χ1n) is 8.69. The van der Waals surface area contributed by atoms with E-state index in [2.05, 4.69) is 26.0 Å². The molecule has 2 aromatic carbocycles. The number of rotatable bonds is 8. The first-order chi connectivity index (χ1) is 14.2. The van der Waals surface area contributed by atoms with E-state index in [-0.39, 0.29) is 27.9 Å². The maximum atomic E-state index is 12.1. The highest BCUT2D eigenvalue weighted by molar-refractivity contribution is 9.10. The Balaban J connectivity index is 1.55. The summed E-state index contributed by atoms with van der Waals surface area (Å²) in [7, 11) is -3.63. The number of sulfonamides is 1. The number of nitrogens with one attached hydrogen (secondary N) is 2. The number of halogens is 1. The molecule has 1 fully saturated rings. The molecule has 30 heavy (non-hydrogen) atoms. The smallest absolute Gasteiger partial charge is 0.338 e. The van der Waals surface area contributed by atoms with Crippen LogP contribution in [0.15, 0.2) is 51.8 Å². The predicted molar refractivity (Wildman–Crippen MR) is 109 cm³/mol. The third-order valence-corrected chi connectivity index (χ3v) is 6.26. The molecular weight excluding hydrogens is 482 g/mol. The second kappa shape index (κ2) is 8.90. The van der Waals surface area contributed by atoms with Gasteiger partial charge in [-0.15, -0.1) is 0 Å². The highest BCUT2D eigenvalue weighted by Crippen LogP contribution is 2.27. The molecule has 158 valence electrons. The van der Waals surface area contributed by atoms with Crippen LogP contribution in [0, 0.1) is 10.1 Å². The lowest BCUT2D eigenvalue weighted by atomic mass is 10.2. The molecule has 10 nitrogen and oxygen atoms in total. The number of hydrogen-bond acceptors (Lipinski definition) is 7. The fourth-order valence-electron chi connectivity index (χ4n) is 2.38. The van der Waals surface area contributed by atoms with E-state index in [1.165, 1.54) is 42.5 Å². The maximum absolute atomic E-state index is 12.1. The number of nitro benzene ring substituents is 1. The normalized spacial score (nSPS) is 13.5. The molecule has 0 heterocycles. The summed E-state index contributed by atoms with van der Waals surface area (Å²) < 4.78 is 32.0. The first kappa shape index (κ1) is 21.9. The van der Waals surface area contributed by atoms with Crippen LogP contribution in [-0.4, -0.2) is 37.9 Å². The van der Waals surface area contributed by atoms with Crippen molar-refractivity contribution >= 4 is 49.2 Å². The largest absolute Gasteiger partial charge is 0.452 e. The van der Waals surface area contributed by atoms with Crippen molar-refractivity contribution in [1.29, 1.82) is 0 Å². The summed E-state index contributed by atoms with van der Waals surface area (Å²) in [6, 6.07) is 8.94. The molecule has 2 aromatic rings. The molecule has 0 aliphatic heterocycles. The first-order valence-corrected chi connectivity index (χ1v) is 11.0. The summed E-state index contributed by atoms with van der Waals surface area (Å²) in [5.74, 6) is -1.45. The number of amides is 1. The van der Waals surface area contributed by atoms with Crippen molar-refractivity contribution < 1.29 is 27.7 Å². The minimum absolute atomic E-state index is 0.0334. The summed E-state index contributed by atoms with van der Waals surface area (Å²) in [6.45, 7) is -0.592. The van der Waals surface area contributed by atoms with E-state index in [1.807, 2.05) is 0 Å². The van der Waals surface area contributed by atoms with E-state index in [1.54, 1.807) is 0 Å². The van der Waals surface area contributed by atoms with Crippen LogP contribution in [0.1, 0.15) is 23.2 Å². The fraction of sp³-hybridized carbons (Fsp3) is 0.222. The van der Waals surface area contributed by atoms with Gasteiger partial charge in [-0.2, -0.15) is 0 Å². The van der Waals surface area contributed by atoms with Gasteiger partial charge < -0.3 is 10.1 Å². The fourth-order valence-corrected chi connectivity index (χ4v) is 4.15. The molecule has 0 spiro atoms. The lowest BCUT2D eigenvalue weighted by Gasteiger charge is -2.09. The predicted octanol–water partition coefficient (Wildman–Crippen LogP) is 2.59. The van der Waals surface area contributed by atoms with Gasteiger partial charge in [-0.25, -0.2) is 17.9 Å². The van der Waals surface area contributed by atoms with Crippen molar-refractivity contribution in [2.75, 3.05) is 11.9 Å². The van der Waals surface area contributed by atoms with Gasteiger partial charge in [0.05, 0.1) is 21.1 Å². The molecule has 1 saturated carbocycles. The van der Waals surface area contributed by atoms with E-state index in [4.69, 9.17) is 4.74 Å². The van der Waals surface area contributed by atoms with Gasteiger partial charge in [0, 0.05) is 22.6 Å². The van der Waals surface area contributed by atoms with Crippen LogP contribution in [0.3, 0.4) is 0 Å². The highest BCUT2D eigenvalue weighted by atomic mass is 79.9. The average molecular weight is 498 g/mol. The number of carbonyl (C=O) groups is 2. The molecule has 2 N–H and O–H groups in total. The van der Waals surface area contributed by atoms with Gasteiger partial charge in [0.2, 0.25) is 10.0 Å². The zero-order valence-corrected chi connectivity index (χ0v) is 17.7. The van der Waals surface area contributed by atoms with Crippen molar-refractivity contribution in [2.24, 2.45) is 0 Å². The molecular formula is C18H16BrN3O7S. The summed E-state index contributed by atoms with van der Waals surface area (Å²) in [5.41, 5.74) is 0.216. The molecule has 0 aromatic heterocycles. The summed E-state index contributed by atoms with van der Waals surface area (Å²) in [6.07, 6.45) is 1.62. The second-order valence-corrected chi connectivity index (χ2v) is 9.03. The third kappa shape index (κ3) is 5.62. The Hall–Kier alpha value is -2.83. The van der Waals surface area contributed by atoms with Crippen LogP contribution < -0.4 is 10.0 Å². The number of carbonyl (C=O) groups excluding carboxylic acids is 2. The number of non-ortho nitro benzene ring substituents is 1. The van der Waals surface area contributed by atoms with Gasteiger partial charge in [-0.1, -0.05) is 0 Å². The van der Waals surface area contributed by atoms with E-state index in [0.717, 1.165) is 12.8 Å². The van der Waals surface area contributed by atoms with E-state index in [9.17, 15) is 28.1 Å². The number of hydrogen-bond donors (Lipinski definition) is 2. The van der Waals surface area contributed by atoms with Crippen molar-refractivity contribution in [2.45, 2.75) is 23.8 Å². The SMILES string of the molecule is O=C(COC(=O)c1ccc(S(=O)(=O)NC2CC2)cc1)Nc1ccc([N+](=O)[O-])cc1Br. The van der Waals surface area contributed by atoms with Crippen LogP contribution in [0.25, 0.3) is 0 Å². The monoisotopic (exact) mass is 497 g/mol. The standard InChI is InChI=1S/C18H16BrN3O7S/c19-15-9-13(22(25)26)5-8-16(15)20-17(23)10-29-18(24)11-1-6-14(7-2-11)30(27,28)21-12-3-4-12/h1-2,5-9,12,21H,3-4,10H2,(H,20,23). The Morgan fingerprint density at radius 2 is 1.83 bits per heavy atom. The van der Waals surface area contributed by atoms with E-state index < -0.39 is 33.4 Å². The number of nitrogens with zero attached hydrogens (tertiary/aromatic N) is 1. The number of esters is 1. The van der Waals surface area contributed by atoms with Crippen molar-refractivity contribution in [3.8, 4) is 0 Å². The Labute approximate surface area is 179 Å². The van der Waals surface area contributed by atoms with E-state index in [0.29, 0.717) is 4.47 Å². The molecule has 0 radical (unpaired) electrons. The molecule has 0 saturated heterocycles. The Morgan fingerprint density at radius 3 is 2.40 bits per heavy atom. The number of ether oxygens (including phenoxy) is 1. The summed E-state index contributed by atoms with van der Waals surface area (Å²) in [4.78, 5) is 34.3. The molecule has 0 bridgehead atoms. The average Bonchev–Trinajstić information content (AvgIpc) is 3.51. The zero-order chi connectivity index (χ0) is 21.9. The lowest BCUT2D eigenvalue weighted by Crippen LogP contribution is -2.25. The van der Waals surface area contributed by atoms with Gasteiger partial charge in [0.15, 0.2) is 6.61 Å². The molecule has 1 aliphatic rings. The Morgan fingerprint density at radius 1 is 1.17 bits per heavy atom. The molecule has 0 unspecified atom stereocenters. The maximum Gasteiger partial charge on any atom is 0.338 e. The lowest BCUT2D eigenvalue weighted by molar-refractivity contribution is -0.384. The molecule has 3 rings (SSSR count). The number of benzene rings is 2. The zero-order valence-electron chi connectivity index (χ0n) is 15.3. The minimum Gasteiger partial charge on any atom is -0.452 e. The number of nitro groups is 1. The van der Waals surface area contributed by atoms with Gasteiger partial charge in [0.1, 0.15) is 0 Å². The van der Waals surface area contributed by atoms with E-state index >= 15 is 0 Å². The minimum atomic E-state index is -3.63. The van der Waals surface area contributed by atoms with Crippen LogP contribution in [-0.2, 0) is 19.6 Å². The highest BCUT2D eigenvalue weighted by Gasteiger charge is 2.28. The van der Waals surface area contributed by atoms with Gasteiger partial charge in [-0.3, -0.25) is 14.9 Å². The quantitative estimate of drug-likeness (QED) is 0.323. The molecule has 0 atom stereocenters. The van der Waals surface area contributed by atoms with Crippen molar-refractivity contribution in [3.63, 3.8) is 0 Å². The second-order valence-electron chi connectivity index (χ2n) is 6.47. The molecule has 1 aliphatic carbocycles. The molecule has 1 amide bonds. The van der Waals surface area contributed by atoms with Crippen LogP contribution >= 0.6 is 15.9 Å².